The van der Waals surface area contributed by atoms with Crippen LogP contribution in [0, 0.1) is 0 Å². The SMILES string of the molecule is CCN(CC)CCn1cc[n+](C)c1.Cl.[Cl-]. The van der Waals surface area contributed by atoms with Gasteiger partial charge < -0.3 is 12.4 Å². The Morgan fingerprint density at radius 3 is 2.27 bits per heavy atom. The first kappa shape index (κ1) is 17.2. The zero-order valence-corrected chi connectivity index (χ0v) is 11.3. The highest BCUT2D eigenvalue weighted by Gasteiger charge is 2.02. The standard InChI is InChI=1S/C10H20N3.2ClH/c1-4-12(5-2)8-9-13-7-6-11(3)10-13;;/h6-7,10H,4-5,8-9H2,1-3H3;2*1H/q+1;;/p-1. The van der Waals surface area contributed by atoms with E-state index in [0.29, 0.717) is 0 Å². The number of aromatic nitrogens is 2. The van der Waals surface area contributed by atoms with Gasteiger partial charge in [-0.1, -0.05) is 13.8 Å². The lowest BCUT2D eigenvalue weighted by Crippen LogP contribution is -3.00. The molecule has 1 heterocycles. The van der Waals surface area contributed by atoms with Gasteiger partial charge in [0, 0.05) is 6.54 Å². The molecule has 1 rings (SSSR count). The van der Waals surface area contributed by atoms with Crippen molar-refractivity contribution < 1.29 is 17.0 Å². The van der Waals surface area contributed by atoms with Gasteiger partial charge in [-0.2, -0.15) is 0 Å². The maximum absolute atomic E-state index is 2.43. The van der Waals surface area contributed by atoms with Gasteiger partial charge in [-0.05, 0) is 13.1 Å². The van der Waals surface area contributed by atoms with E-state index < -0.39 is 0 Å². The van der Waals surface area contributed by atoms with Crippen molar-refractivity contribution in [2.75, 3.05) is 19.6 Å². The zero-order valence-electron chi connectivity index (χ0n) is 9.69. The fourth-order valence-corrected chi connectivity index (χ4v) is 1.43. The van der Waals surface area contributed by atoms with E-state index in [-0.39, 0.29) is 24.8 Å². The van der Waals surface area contributed by atoms with Crippen LogP contribution in [0.3, 0.4) is 0 Å². The molecule has 5 heteroatoms. The summed E-state index contributed by atoms with van der Waals surface area (Å²) in [7, 11) is 2.05. The van der Waals surface area contributed by atoms with Crippen LogP contribution >= 0.6 is 12.4 Å². The minimum absolute atomic E-state index is 0. The molecule has 0 aliphatic heterocycles. The van der Waals surface area contributed by atoms with Gasteiger partial charge in [0.1, 0.15) is 18.9 Å². The summed E-state index contributed by atoms with van der Waals surface area (Å²) in [6.45, 7) is 8.93. The highest BCUT2D eigenvalue weighted by atomic mass is 35.5. The molecule has 0 unspecified atom stereocenters. The Morgan fingerprint density at radius 1 is 1.27 bits per heavy atom. The number of likely N-dealkylation sites (N-methyl/N-ethyl adjacent to an activating group) is 1. The average Bonchev–Trinajstić information content (AvgIpc) is 2.53. The summed E-state index contributed by atoms with van der Waals surface area (Å²) in [6.07, 6.45) is 6.30. The predicted molar refractivity (Wildman–Crippen MR) is 60.6 cm³/mol. The molecule has 0 aliphatic rings. The van der Waals surface area contributed by atoms with Crippen molar-refractivity contribution >= 4 is 12.4 Å². The van der Waals surface area contributed by atoms with Gasteiger partial charge in [0.25, 0.3) is 0 Å². The molecule has 0 N–H and O–H groups in total. The molecule has 0 bridgehead atoms. The lowest BCUT2D eigenvalue weighted by atomic mass is 10.4. The third kappa shape index (κ3) is 6.03. The van der Waals surface area contributed by atoms with Gasteiger partial charge in [-0.3, -0.25) is 4.90 Å². The summed E-state index contributed by atoms with van der Waals surface area (Å²) in [6, 6.07) is 0. The van der Waals surface area contributed by atoms with Crippen LogP contribution in [0.2, 0.25) is 0 Å². The number of hydrogen-bond donors (Lipinski definition) is 0. The van der Waals surface area contributed by atoms with E-state index in [2.05, 4.69) is 46.6 Å². The smallest absolute Gasteiger partial charge is 0.243 e. The van der Waals surface area contributed by atoms with Crippen LogP contribution in [-0.4, -0.2) is 29.1 Å². The fourth-order valence-electron chi connectivity index (χ4n) is 1.43. The number of nitrogens with zero attached hydrogens (tertiary/aromatic N) is 3. The van der Waals surface area contributed by atoms with Crippen LogP contribution in [0.25, 0.3) is 0 Å². The van der Waals surface area contributed by atoms with Crippen molar-refractivity contribution in [1.82, 2.24) is 9.47 Å². The second-order valence-electron chi connectivity index (χ2n) is 3.34. The number of rotatable bonds is 5. The van der Waals surface area contributed by atoms with Crippen LogP contribution in [-0.2, 0) is 13.6 Å². The van der Waals surface area contributed by atoms with E-state index in [1.54, 1.807) is 0 Å². The molecular weight excluding hydrogens is 233 g/mol. The maximum atomic E-state index is 2.43. The average molecular weight is 254 g/mol. The van der Waals surface area contributed by atoms with Crippen molar-refractivity contribution in [3.63, 3.8) is 0 Å². The van der Waals surface area contributed by atoms with Crippen LogP contribution < -0.4 is 17.0 Å². The molecule has 90 valence electrons. The van der Waals surface area contributed by atoms with Gasteiger partial charge >= 0.3 is 0 Å². The lowest BCUT2D eigenvalue weighted by Gasteiger charge is -2.15. The summed E-state index contributed by atoms with van der Waals surface area (Å²) >= 11 is 0. The fraction of sp³-hybridized carbons (Fsp3) is 0.700. The molecule has 3 nitrogen and oxygen atoms in total. The van der Waals surface area contributed by atoms with Gasteiger partial charge in [-0.15, -0.1) is 12.4 Å². The second-order valence-corrected chi connectivity index (χ2v) is 3.34. The van der Waals surface area contributed by atoms with Crippen LogP contribution in [0.4, 0.5) is 0 Å². The summed E-state index contributed by atoms with van der Waals surface area (Å²) in [5.41, 5.74) is 0. The highest BCUT2D eigenvalue weighted by molar-refractivity contribution is 5.85. The quantitative estimate of drug-likeness (QED) is 0.558. The molecule has 1 aromatic rings. The van der Waals surface area contributed by atoms with E-state index in [0.717, 1.165) is 26.2 Å². The number of imidazole rings is 1. The summed E-state index contributed by atoms with van der Waals surface area (Å²) in [5, 5.41) is 0. The Balaban J connectivity index is 0. The first-order valence-electron chi connectivity index (χ1n) is 4.99. The Bertz CT molecular complexity index is 247. The van der Waals surface area contributed by atoms with Gasteiger partial charge in [0.15, 0.2) is 0 Å². The van der Waals surface area contributed by atoms with Crippen LogP contribution in [0.1, 0.15) is 13.8 Å². The topological polar surface area (TPSA) is 12.1 Å². The zero-order chi connectivity index (χ0) is 9.68. The molecule has 0 saturated carbocycles. The van der Waals surface area contributed by atoms with Crippen molar-refractivity contribution in [2.45, 2.75) is 20.4 Å². The van der Waals surface area contributed by atoms with E-state index in [4.69, 9.17) is 0 Å². The van der Waals surface area contributed by atoms with E-state index in [1.165, 1.54) is 0 Å². The minimum atomic E-state index is 0. The van der Waals surface area contributed by atoms with E-state index in [9.17, 15) is 0 Å². The van der Waals surface area contributed by atoms with Crippen LogP contribution in [0.15, 0.2) is 18.7 Å². The Morgan fingerprint density at radius 2 is 1.87 bits per heavy atom. The molecule has 0 atom stereocenters. The molecule has 1 aromatic heterocycles. The molecule has 0 fully saturated rings. The third-order valence-corrected chi connectivity index (χ3v) is 2.39. The predicted octanol–water partition coefficient (Wildman–Crippen LogP) is -1.92. The molecule has 0 saturated heterocycles. The Kier molecular flexibility index (Phi) is 10.3. The van der Waals surface area contributed by atoms with Crippen molar-refractivity contribution in [1.29, 1.82) is 0 Å². The van der Waals surface area contributed by atoms with Gasteiger partial charge in [0.05, 0.1) is 7.05 Å². The third-order valence-electron chi connectivity index (χ3n) is 2.39. The second kappa shape index (κ2) is 9.01. The Hall–Kier alpha value is -0.250. The first-order chi connectivity index (χ1) is 6.26. The molecule has 0 aliphatic carbocycles. The van der Waals surface area contributed by atoms with Gasteiger partial charge in [-0.25, -0.2) is 9.13 Å². The molecule has 0 spiro atoms. The first-order valence-corrected chi connectivity index (χ1v) is 4.99. The number of hydrogen-bond acceptors (Lipinski definition) is 1. The summed E-state index contributed by atoms with van der Waals surface area (Å²) in [4.78, 5) is 2.43. The van der Waals surface area contributed by atoms with Gasteiger partial charge in [0.2, 0.25) is 6.33 Å². The number of aryl methyl sites for hydroxylation is 1. The minimum Gasteiger partial charge on any atom is -1.00 e. The molecule has 0 radical (unpaired) electrons. The monoisotopic (exact) mass is 253 g/mol. The van der Waals surface area contributed by atoms with Crippen molar-refractivity contribution in [3.8, 4) is 0 Å². The molecule has 0 aromatic carbocycles. The molecular formula is C10H21Cl2N3. The summed E-state index contributed by atoms with van der Waals surface area (Å²) in [5.74, 6) is 0. The number of halogens is 2. The maximum Gasteiger partial charge on any atom is 0.243 e. The summed E-state index contributed by atoms with van der Waals surface area (Å²) < 4.78 is 4.29. The molecule has 15 heavy (non-hydrogen) atoms. The normalized spacial score (nSPS) is 9.60. The lowest BCUT2D eigenvalue weighted by molar-refractivity contribution is -0.671. The van der Waals surface area contributed by atoms with Crippen molar-refractivity contribution in [2.24, 2.45) is 7.05 Å². The van der Waals surface area contributed by atoms with E-state index >= 15 is 0 Å². The van der Waals surface area contributed by atoms with E-state index in [1.807, 2.05) is 7.05 Å². The Labute approximate surface area is 105 Å². The largest absolute Gasteiger partial charge is 1.00 e. The van der Waals surface area contributed by atoms with Crippen molar-refractivity contribution in [3.05, 3.63) is 18.7 Å². The molecule has 0 amide bonds. The van der Waals surface area contributed by atoms with Crippen LogP contribution in [0.5, 0.6) is 0 Å². The highest BCUT2D eigenvalue weighted by Crippen LogP contribution is 1.90.